The monoisotopic (exact) mass is 322 g/mol. The summed E-state index contributed by atoms with van der Waals surface area (Å²) in [4.78, 5) is 18.5. The molecule has 0 saturated heterocycles. The number of aryl methyl sites for hydroxylation is 1. The summed E-state index contributed by atoms with van der Waals surface area (Å²) in [6.45, 7) is 5.39. The summed E-state index contributed by atoms with van der Waals surface area (Å²) < 4.78 is 5.37. The maximum atomic E-state index is 11.3. The Morgan fingerprint density at radius 3 is 2.68 bits per heavy atom. The van der Waals surface area contributed by atoms with Crippen molar-refractivity contribution in [2.45, 2.75) is 26.9 Å². The molecular formula is C14H15ClN4O3. The lowest BCUT2D eigenvalue weighted by molar-refractivity contribution is -0.385. The number of benzene rings is 1. The number of nitro groups is 1. The summed E-state index contributed by atoms with van der Waals surface area (Å²) >= 11 is 6.05. The van der Waals surface area contributed by atoms with Crippen LogP contribution in [0.4, 0.5) is 17.2 Å². The largest absolute Gasteiger partial charge is 0.470 e. The zero-order valence-corrected chi connectivity index (χ0v) is 13.1. The van der Waals surface area contributed by atoms with E-state index >= 15 is 0 Å². The highest BCUT2D eigenvalue weighted by atomic mass is 35.5. The normalized spacial score (nSPS) is 10.6. The first-order valence-electron chi connectivity index (χ1n) is 6.57. The molecule has 1 heterocycles. The van der Waals surface area contributed by atoms with E-state index in [1.165, 1.54) is 6.33 Å². The van der Waals surface area contributed by atoms with E-state index in [-0.39, 0.29) is 23.5 Å². The molecule has 2 aromatic rings. The third kappa shape index (κ3) is 3.62. The smallest absolute Gasteiger partial charge is 0.373 e. The van der Waals surface area contributed by atoms with E-state index < -0.39 is 4.92 Å². The fraction of sp³-hybridized carbons (Fsp3) is 0.286. The lowest BCUT2D eigenvalue weighted by Gasteiger charge is -2.11. The average Bonchev–Trinajstić information content (AvgIpc) is 2.42. The minimum absolute atomic E-state index is 0.0515. The van der Waals surface area contributed by atoms with Crippen LogP contribution in [-0.4, -0.2) is 21.0 Å². The van der Waals surface area contributed by atoms with Crippen LogP contribution in [0, 0.1) is 17.0 Å². The van der Waals surface area contributed by atoms with Gasteiger partial charge in [-0.15, -0.1) is 0 Å². The number of halogens is 1. The maximum absolute atomic E-state index is 11.3. The van der Waals surface area contributed by atoms with Gasteiger partial charge in [-0.3, -0.25) is 10.1 Å². The van der Waals surface area contributed by atoms with Crippen LogP contribution >= 0.6 is 11.6 Å². The molecule has 0 unspecified atom stereocenters. The number of hydrogen-bond acceptors (Lipinski definition) is 6. The predicted molar refractivity (Wildman–Crippen MR) is 83.9 cm³/mol. The summed E-state index contributed by atoms with van der Waals surface area (Å²) in [6.07, 6.45) is 0.971. The van der Waals surface area contributed by atoms with E-state index in [9.17, 15) is 10.1 Å². The number of hydrogen-bond donors (Lipinski definition) is 1. The molecule has 7 nitrogen and oxygen atoms in total. The molecule has 1 aromatic carbocycles. The van der Waals surface area contributed by atoms with Crippen molar-refractivity contribution >= 4 is 28.8 Å². The Morgan fingerprint density at radius 2 is 2.09 bits per heavy atom. The Hall–Kier alpha value is -2.41. The second kappa shape index (κ2) is 6.57. The molecule has 0 radical (unpaired) electrons. The fourth-order valence-electron chi connectivity index (χ4n) is 1.74. The summed E-state index contributed by atoms with van der Waals surface area (Å²) in [5, 5.41) is 14.7. The Kier molecular flexibility index (Phi) is 4.77. The number of nitrogens with zero attached hydrogens (tertiary/aromatic N) is 3. The van der Waals surface area contributed by atoms with Crippen molar-refractivity contribution in [2.75, 3.05) is 5.32 Å². The van der Waals surface area contributed by atoms with Crippen LogP contribution in [0.1, 0.15) is 19.4 Å². The molecule has 1 N–H and O–H groups in total. The molecule has 0 aliphatic heterocycles. The van der Waals surface area contributed by atoms with Crippen molar-refractivity contribution in [2.24, 2.45) is 0 Å². The molecule has 0 amide bonds. The van der Waals surface area contributed by atoms with Gasteiger partial charge in [0, 0.05) is 10.7 Å². The molecule has 0 atom stereocenters. The van der Waals surface area contributed by atoms with Crippen LogP contribution in [0.2, 0.25) is 5.02 Å². The van der Waals surface area contributed by atoms with Crippen LogP contribution < -0.4 is 10.1 Å². The Labute approximate surface area is 132 Å². The minimum atomic E-state index is -0.574. The van der Waals surface area contributed by atoms with Gasteiger partial charge in [-0.2, -0.15) is 4.98 Å². The molecule has 2 rings (SSSR count). The fourth-order valence-corrected chi connectivity index (χ4v) is 1.92. The van der Waals surface area contributed by atoms with Crippen LogP contribution in [0.25, 0.3) is 0 Å². The highest BCUT2D eigenvalue weighted by Crippen LogP contribution is 2.33. The van der Waals surface area contributed by atoms with Gasteiger partial charge >= 0.3 is 5.69 Å². The number of nitrogens with one attached hydrogen (secondary N) is 1. The first-order chi connectivity index (χ1) is 10.4. The van der Waals surface area contributed by atoms with E-state index in [1.54, 1.807) is 26.0 Å². The molecule has 0 saturated carbocycles. The number of rotatable bonds is 5. The predicted octanol–water partition coefficient (Wildman–Crippen LogP) is 3.88. The molecule has 0 bridgehead atoms. The standard InChI is InChI=1S/C14H15ClN4O3/c1-8(2)22-14-12(19(20)21)13(16-7-17-14)18-10-5-4-9(3)11(15)6-10/h4-8H,1-3H3,(H,16,17,18). The average molecular weight is 323 g/mol. The van der Waals surface area contributed by atoms with Crippen LogP contribution in [-0.2, 0) is 0 Å². The van der Waals surface area contributed by atoms with E-state index in [2.05, 4.69) is 15.3 Å². The summed E-state index contributed by atoms with van der Waals surface area (Å²) in [7, 11) is 0. The van der Waals surface area contributed by atoms with Gasteiger partial charge in [-0.1, -0.05) is 17.7 Å². The Bertz CT molecular complexity index is 706. The van der Waals surface area contributed by atoms with Crippen LogP contribution in [0.3, 0.4) is 0 Å². The van der Waals surface area contributed by atoms with Gasteiger partial charge in [0.1, 0.15) is 6.33 Å². The van der Waals surface area contributed by atoms with Crippen molar-refractivity contribution in [3.05, 3.63) is 45.2 Å². The van der Waals surface area contributed by atoms with E-state index in [1.807, 2.05) is 13.0 Å². The van der Waals surface area contributed by atoms with Crippen molar-refractivity contribution in [1.29, 1.82) is 0 Å². The third-order valence-electron chi connectivity index (χ3n) is 2.75. The van der Waals surface area contributed by atoms with Gasteiger partial charge in [0.05, 0.1) is 11.0 Å². The maximum Gasteiger partial charge on any atom is 0.373 e. The SMILES string of the molecule is Cc1ccc(Nc2ncnc(OC(C)C)c2[N+](=O)[O-])cc1Cl. The van der Waals surface area contributed by atoms with Crippen molar-refractivity contribution in [3.8, 4) is 5.88 Å². The minimum Gasteiger partial charge on any atom is -0.470 e. The first kappa shape index (κ1) is 16.0. The van der Waals surface area contributed by atoms with Crippen LogP contribution in [0.15, 0.2) is 24.5 Å². The lowest BCUT2D eigenvalue weighted by Crippen LogP contribution is -2.10. The number of aromatic nitrogens is 2. The van der Waals surface area contributed by atoms with Gasteiger partial charge in [0.15, 0.2) is 0 Å². The zero-order valence-electron chi connectivity index (χ0n) is 12.3. The molecule has 22 heavy (non-hydrogen) atoms. The first-order valence-corrected chi connectivity index (χ1v) is 6.95. The highest BCUT2D eigenvalue weighted by Gasteiger charge is 2.25. The Morgan fingerprint density at radius 1 is 1.36 bits per heavy atom. The van der Waals surface area contributed by atoms with Gasteiger partial charge in [-0.25, -0.2) is 4.98 Å². The quantitative estimate of drug-likeness (QED) is 0.663. The summed E-state index contributed by atoms with van der Waals surface area (Å²) in [5.41, 5.74) is 1.19. The van der Waals surface area contributed by atoms with Gasteiger partial charge in [-0.05, 0) is 38.5 Å². The topological polar surface area (TPSA) is 90.2 Å². The molecule has 8 heteroatoms. The Balaban J connectivity index is 2.41. The van der Waals surface area contributed by atoms with Gasteiger partial charge in [0.25, 0.3) is 5.88 Å². The number of ether oxygens (including phenoxy) is 1. The van der Waals surface area contributed by atoms with Crippen molar-refractivity contribution in [1.82, 2.24) is 9.97 Å². The summed E-state index contributed by atoms with van der Waals surface area (Å²) in [5.74, 6) is -0.0220. The second-order valence-electron chi connectivity index (χ2n) is 4.89. The van der Waals surface area contributed by atoms with Crippen LogP contribution in [0.5, 0.6) is 5.88 Å². The molecule has 0 fully saturated rings. The zero-order chi connectivity index (χ0) is 16.3. The van der Waals surface area contributed by atoms with E-state index in [4.69, 9.17) is 16.3 Å². The van der Waals surface area contributed by atoms with E-state index in [0.29, 0.717) is 10.7 Å². The molecule has 116 valence electrons. The van der Waals surface area contributed by atoms with E-state index in [0.717, 1.165) is 5.56 Å². The molecule has 0 aliphatic carbocycles. The number of anilines is 2. The molecule has 1 aromatic heterocycles. The van der Waals surface area contributed by atoms with Gasteiger partial charge < -0.3 is 10.1 Å². The highest BCUT2D eigenvalue weighted by molar-refractivity contribution is 6.31. The lowest BCUT2D eigenvalue weighted by atomic mass is 10.2. The second-order valence-corrected chi connectivity index (χ2v) is 5.30. The molecular weight excluding hydrogens is 308 g/mol. The van der Waals surface area contributed by atoms with Crippen molar-refractivity contribution in [3.63, 3.8) is 0 Å². The molecule has 0 spiro atoms. The van der Waals surface area contributed by atoms with Gasteiger partial charge in [0.2, 0.25) is 5.82 Å². The summed E-state index contributed by atoms with van der Waals surface area (Å²) in [6, 6.07) is 5.24. The van der Waals surface area contributed by atoms with Crippen molar-refractivity contribution < 1.29 is 9.66 Å². The third-order valence-corrected chi connectivity index (χ3v) is 3.16. The molecule has 0 aliphatic rings.